The maximum absolute atomic E-state index is 13.2. The van der Waals surface area contributed by atoms with Crippen molar-refractivity contribution in [2.24, 2.45) is 0 Å². The van der Waals surface area contributed by atoms with Gasteiger partial charge in [0.05, 0.1) is 9.85 Å². The lowest BCUT2D eigenvalue weighted by molar-refractivity contribution is -0.385. The summed E-state index contributed by atoms with van der Waals surface area (Å²) in [5, 5.41) is 23.1. The SMILES string of the molecule is O=C(CN(C(=O)c1ccc([N+](=O)[O-])cc1)N1C(=O)CCC1=O)c1ccc(Oc2ccc([N+](=O)[O-])cc2)cc1. The highest BCUT2D eigenvalue weighted by atomic mass is 16.6. The summed E-state index contributed by atoms with van der Waals surface area (Å²) in [6, 6.07) is 15.7. The number of hydrogen-bond donors (Lipinski definition) is 0. The number of benzene rings is 3. The smallest absolute Gasteiger partial charge is 0.273 e. The van der Waals surface area contributed by atoms with Crippen molar-refractivity contribution in [2.45, 2.75) is 12.8 Å². The number of imide groups is 1. The zero-order valence-corrected chi connectivity index (χ0v) is 19.5. The van der Waals surface area contributed by atoms with Gasteiger partial charge in [0.2, 0.25) is 11.8 Å². The predicted molar refractivity (Wildman–Crippen MR) is 129 cm³/mol. The average molecular weight is 518 g/mol. The molecule has 0 radical (unpaired) electrons. The van der Waals surface area contributed by atoms with Crippen LogP contribution in [0.15, 0.2) is 72.8 Å². The third kappa shape index (κ3) is 5.51. The normalized spacial score (nSPS) is 12.8. The second-order valence-electron chi connectivity index (χ2n) is 8.07. The van der Waals surface area contributed by atoms with E-state index in [1.807, 2.05) is 0 Å². The van der Waals surface area contributed by atoms with E-state index in [0.717, 1.165) is 17.1 Å². The number of non-ortho nitro benzene ring substituents is 2. The van der Waals surface area contributed by atoms with Gasteiger partial charge in [-0.1, -0.05) is 0 Å². The minimum atomic E-state index is -0.852. The minimum absolute atomic E-state index is 0.0530. The number of ketones is 1. The Labute approximate surface area is 214 Å². The molecule has 1 saturated heterocycles. The maximum atomic E-state index is 13.2. The number of nitro groups is 2. The first-order valence-corrected chi connectivity index (χ1v) is 11.1. The zero-order valence-electron chi connectivity index (χ0n) is 19.5. The summed E-state index contributed by atoms with van der Waals surface area (Å²) in [5.41, 5.74) is -0.251. The van der Waals surface area contributed by atoms with E-state index in [2.05, 4.69) is 0 Å². The molecule has 192 valence electrons. The Morgan fingerprint density at radius 1 is 0.737 bits per heavy atom. The maximum Gasteiger partial charge on any atom is 0.273 e. The van der Waals surface area contributed by atoms with Crippen LogP contribution in [0, 0.1) is 20.2 Å². The van der Waals surface area contributed by atoms with Crippen molar-refractivity contribution in [1.29, 1.82) is 0 Å². The Bertz CT molecular complexity index is 1420. The molecule has 3 aromatic carbocycles. The van der Waals surface area contributed by atoms with Gasteiger partial charge < -0.3 is 4.74 Å². The van der Waals surface area contributed by atoms with Crippen molar-refractivity contribution in [2.75, 3.05) is 6.54 Å². The van der Waals surface area contributed by atoms with Crippen molar-refractivity contribution in [1.82, 2.24) is 10.0 Å². The van der Waals surface area contributed by atoms with E-state index in [4.69, 9.17) is 4.74 Å². The highest BCUT2D eigenvalue weighted by Crippen LogP contribution is 2.25. The van der Waals surface area contributed by atoms with Gasteiger partial charge in [-0.3, -0.25) is 39.4 Å². The zero-order chi connectivity index (χ0) is 27.4. The van der Waals surface area contributed by atoms with Crippen LogP contribution in [-0.4, -0.2) is 49.9 Å². The third-order valence-electron chi connectivity index (χ3n) is 5.58. The fourth-order valence-corrected chi connectivity index (χ4v) is 3.65. The van der Waals surface area contributed by atoms with Crippen LogP contribution in [0.25, 0.3) is 0 Å². The van der Waals surface area contributed by atoms with E-state index in [0.29, 0.717) is 16.5 Å². The minimum Gasteiger partial charge on any atom is -0.457 e. The number of carbonyl (C=O) groups is 4. The first-order valence-electron chi connectivity index (χ1n) is 11.1. The van der Waals surface area contributed by atoms with E-state index < -0.39 is 39.9 Å². The van der Waals surface area contributed by atoms with Crippen molar-refractivity contribution in [3.63, 3.8) is 0 Å². The fourth-order valence-electron chi connectivity index (χ4n) is 3.65. The summed E-state index contributed by atoms with van der Waals surface area (Å²) in [6.45, 7) is -0.643. The topological polar surface area (TPSA) is 170 Å². The molecule has 3 amide bonds. The van der Waals surface area contributed by atoms with Gasteiger partial charge in [-0.25, -0.2) is 5.01 Å². The molecule has 3 aromatic rings. The number of ether oxygens (including phenoxy) is 1. The molecular weight excluding hydrogens is 500 g/mol. The molecule has 0 atom stereocenters. The lowest BCUT2D eigenvalue weighted by Crippen LogP contribution is -2.51. The molecule has 0 unspecified atom stereocenters. The molecule has 0 N–H and O–H groups in total. The molecule has 1 heterocycles. The van der Waals surface area contributed by atoms with E-state index in [-0.39, 0.29) is 35.3 Å². The molecule has 38 heavy (non-hydrogen) atoms. The van der Waals surface area contributed by atoms with Gasteiger partial charge in [-0.05, 0) is 48.5 Å². The number of nitro benzene ring substituents is 2. The van der Waals surface area contributed by atoms with Crippen LogP contribution in [-0.2, 0) is 9.59 Å². The summed E-state index contributed by atoms with van der Waals surface area (Å²) in [7, 11) is 0. The first-order chi connectivity index (χ1) is 18.1. The number of amides is 3. The second-order valence-corrected chi connectivity index (χ2v) is 8.07. The molecule has 0 aliphatic carbocycles. The monoisotopic (exact) mass is 518 g/mol. The molecule has 1 fully saturated rings. The number of Topliss-reactive ketones (excluding diaryl/α,β-unsaturated/α-hetero) is 1. The number of nitrogens with zero attached hydrogens (tertiary/aromatic N) is 4. The Kier molecular flexibility index (Phi) is 7.19. The van der Waals surface area contributed by atoms with Crippen LogP contribution in [0.1, 0.15) is 33.6 Å². The van der Waals surface area contributed by atoms with E-state index in [9.17, 15) is 39.4 Å². The number of hydrazine groups is 1. The molecule has 0 aromatic heterocycles. The predicted octanol–water partition coefficient (Wildman–Crippen LogP) is 3.68. The third-order valence-corrected chi connectivity index (χ3v) is 5.58. The molecule has 1 aliphatic heterocycles. The summed E-state index contributed by atoms with van der Waals surface area (Å²) < 4.78 is 5.62. The summed E-state index contributed by atoms with van der Waals surface area (Å²) in [6.07, 6.45) is -0.239. The lowest BCUT2D eigenvalue weighted by Gasteiger charge is -2.29. The average Bonchev–Trinajstić information content (AvgIpc) is 3.25. The van der Waals surface area contributed by atoms with E-state index >= 15 is 0 Å². The number of rotatable bonds is 9. The Morgan fingerprint density at radius 2 is 1.16 bits per heavy atom. The van der Waals surface area contributed by atoms with Gasteiger partial charge in [-0.15, -0.1) is 0 Å². The fraction of sp³-hybridized carbons (Fsp3) is 0.120. The Morgan fingerprint density at radius 3 is 1.63 bits per heavy atom. The molecule has 13 heteroatoms. The van der Waals surface area contributed by atoms with Crippen LogP contribution in [0.5, 0.6) is 11.5 Å². The summed E-state index contributed by atoms with van der Waals surface area (Å²) >= 11 is 0. The molecule has 4 rings (SSSR count). The lowest BCUT2D eigenvalue weighted by atomic mass is 10.1. The molecular formula is C25H18N4O9. The molecule has 1 aliphatic rings. The van der Waals surface area contributed by atoms with Gasteiger partial charge >= 0.3 is 0 Å². The molecule has 13 nitrogen and oxygen atoms in total. The number of hydrogen-bond acceptors (Lipinski definition) is 9. The standard InChI is InChI=1S/C25H18N4O9/c30-22(16-3-9-20(10-4-16)38-21-11-7-19(8-12-21)29(36)37)15-26(27-23(31)13-14-24(27)32)25(33)17-1-5-18(6-2-17)28(34)35/h1-12H,13-15H2. The van der Waals surface area contributed by atoms with Gasteiger partial charge in [-0.2, -0.15) is 5.01 Å². The summed E-state index contributed by atoms with van der Waals surface area (Å²) in [5.74, 6) is -2.07. The highest BCUT2D eigenvalue weighted by molar-refractivity contribution is 6.07. The second kappa shape index (κ2) is 10.7. The molecule has 0 saturated carbocycles. The van der Waals surface area contributed by atoms with Crippen LogP contribution >= 0.6 is 0 Å². The van der Waals surface area contributed by atoms with Crippen molar-refractivity contribution < 1.29 is 33.8 Å². The largest absolute Gasteiger partial charge is 0.457 e. The van der Waals surface area contributed by atoms with Crippen LogP contribution < -0.4 is 4.74 Å². The van der Waals surface area contributed by atoms with Gasteiger partial charge in [0.15, 0.2) is 5.78 Å². The van der Waals surface area contributed by atoms with E-state index in [1.54, 1.807) is 0 Å². The van der Waals surface area contributed by atoms with Gasteiger partial charge in [0.25, 0.3) is 17.3 Å². The summed E-state index contributed by atoms with van der Waals surface area (Å²) in [4.78, 5) is 71.4. The highest BCUT2D eigenvalue weighted by Gasteiger charge is 2.38. The van der Waals surface area contributed by atoms with Crippen molar-refractivity contribution in [3.05, 3.63) is 104 Å². The van der Waals surface area contributed by atoms with Crippen LogP contribution in [0.4, 0.5) is 11.4 Å². The quantitative estimate of drug-likeness (QED) is 0.177. The van der Waals surface area contributed by atoms with Gasteiger partial charge in [0, 0.05) is 48.2 Å². The van der Waals surface area contributed by atoms with E-state index in [1.165, 1.54) is 60.7 Å². The van der Waals surface area contributed by atoms with Crippen molar-refractivity contribution in [3.8, 4) is 11.5 Å². The van der Waals surface area contributed by atoms with Gasteiger partial charge in [0.1, 0.15) is 18.0 Å². The Balaban J connectivity index is 1.52. The van der Waals surface area contributed by atoms with Crippen LogP contribution in [0.3, 0.4) is 0 Å². The molecule has 0 bridgehead atoms. The molecule has 0 spiro atoms. The number of carbonyl (C=O) groups excluding carboxylic acids is 4. The Hall–Kier alpha value is -5.46. The van der Waals surface area contributed by atoms with Crippen molar-refractivity contribution >= 4 is 34.9 Å². The van der Waals surface area contributed by atoms with Crippen LogP contribution in [0.2, 0.25) is 0 Å². The first kappa shape index (κ1) is 25.6.